The number of nitrogens with one attached hydrogen (secondary N) is 5. The van der Waals surface area contributed by atoms with Gasteiger partial charge in [-0.2, -0.15) is 0 Å². The fraction of sp³-hybridized carbons (Fsp3) is 0.630. The Kier molecular flexibility index (Phi) is 20.6. The number of imide groups is 1. The monoisotopic (exact) mass is 1160 g/mol. The van der Waals surface area contributed by atoms with E-state index in [-0.39, 0.29) is 70.4 Å². The fourth-order valence-corrected chi connectivity index (χ4v) is 10.3. The number of aliphatic hydroxyl groups is 7. The highest BCUT2D eigenvalue weighted by atomic mass is 127. The molecule has 2 unspecified atom stereocenters. The Morgan fingerprint density at radius 2 is 1.66 bits per heavy atom. The highest BCUT2D eigenvalue weighted by Crippen LogP contribution is 2.44. The number of likely N-dealkylation sites (N-methyl/N-ethyl adjacent to an activating group) is 1. The molecule has 3 aliphatic heterocycles. The van der Waals surface area contributed by atoms with Crippen molar-refractivity contribution in [2.45, 2.75) is 137 Å². The van der Waals surface area contributed by atoms with Crippen LogP contribution in [0.1, 0.15) is 70.8 Å². The zero-order valence-corrected chi connectivity index (χ0v) is 43.1. The standard InChI is InChI=1S/C46H65IN10O17/c1-4-6-12-46(47,11-5-2)24-16-32(63)57(43(24)69)14-10-29(60)48-13-9-30(61)53-25-15-23(7-8-26(25)73-44-39(68)37(66)35(64)28(19-59)74-44)20-71-45(70)56(3)17-31(62)54-33-27(18-58)72-42(38(67)36(33)65)55-41-34-40(50-21-49-34)51-22-52-41/h7-8,15,21-22,24,27-28,33,35-39,42,44,58-59,64-68H,4-6,9-14,16-20H2,1-3H3,(H,48,60)(H,53,61)(H,54,62)(H2,49,50,51,52,55)/t24?,27-,28+,33-,35+,36+,37-,38-,39-,42-,44-,46?/m0/s1. The number of rotatable bonds is 24. The number of nitrogens with zero attached hydrogens (tertiary/aromatic N) is 5. The number of carbonyl (C=O) groups excluding carboxylic acids is 6. The van der Waals surface area contributed by atoms with Gasteiger partial charge in [-0.1, -0.05) is 61.8 Å². The summed E-state index contributed by atoms with van der Waals surface area (Å²) in [5.41, 5.74) is 0.896. The first-order chi connectivity index (χ1) is 35.3. The van der Waals surface area contributed by atoms with Crippen LogP contribution in [0.5, 0.6) is 5.75 Å². The lowest BCUT2D eigenvalue weighted by atomic mass is 9.83. The summed E-state index contributed by atoms with van der Waals surface area (Å²) in [5.74, 6) is -3.03. The number of halogens is 1. The second kappa shape index (κ2) is 26.4. The van der Waals surface area contributed by atoms with Crippen LogP contribution in [0.3, 0.4) is 0 Å². The number of benzene rings is 1. The fourth-order valence-electron chi connectivity index (χ4n) is 8.86. The van der Waals surface area contributed by atoms with Crippen LogP contribution < -0.4 is 26.0 Å². The zero-order chi connectivity index (χ0) is 53.9. The van der Waals surface area contributed by atoms with Gasteiger partial charge in [0, 0.05) is 42.8 Å². The number of amides is 6. The van der Waals surface area contributed by atoms with E-state index in [9.17, 15) is 64.5 Å². The van der Waals surface area contributed by atoms with Gasteiger partial charge in [0.25, 0.3) is 0 Å². The van der Waals surface area contributed by atoms with Gasteiger partial charge >= 0.3 is 6.09 Å². The summed E-state index contributed by atoms with van der Waals surface area (Å²) < 4.78 is 22.1. The minimum Gasteiger partial charge on any atom is -0.460 e. The summed E-state index contributed by atoms with van der Waals surface area (Å²) in [6, 6.07) is 2.74. The van der Waals surface area contributed by atoms with Crippen molar-refractivity contribution in [2.24, 2.45) is 5.92 Å². The predicted molar refractivity (Wildman–Crippen MR) is 266 cm³/mol. The molecule has 1 aromatic carbocycles. The number of aliphatic hydroxyl groups excluding tert-OH is 7. The lowest BCUT2D eigenvalue weighted by Crippen LogP contribution is -2.66. The number of likely N-dealkylation sites (tertiary alicyclic amines) is 1. The molecule has 3 aliphatic rings. The maximum atomic E-state index is 13.4. The van der Waals surface area contributed by atoms with Crippen molar-refractivity contribution in [3.8, 4) is 5.75 Å². The van der Waals surface area contributed by atoms with Gasteiger partial charge in [0.2, 0.25) is 35.8 Å². The van der Waals surface area contributed by atoms with E-state index < -0.39 is 117 Å². The van der Waals surface area contributed by atoms with E-state index in [1.165, 1.54) is 37.9 Å². The lowest BCUT2D eigenvalue weighted by Gasteiger charge is -2.42. The molecule has 0 radical (unpaired) electrons. The number of aromatic amines is 1. The molecule has 74 heavy (non-hydrogen) atoms. The van der Waals surface area contributed by atoms with Gasteiger partial charge in [-0.15, -0.1) is 0 Å². The predicted octanol–water partition coefficient (Wildman–Crippen LogP) is -1.49. The number of carbonyl (C=O) groups is 6. The molecular formula is C46H65IN10O17. The third-order valence-corrected chi connectivity index (χ3v) is 14.8. The first-order valence-corrected chi connectivity index (χ1v) is 25.3. The molecule has 3 fully saturated rings. The quantitative estimate of drug-likeness (QED) is 0.0276. The number of fused-ring (bicyclic) bond motifs is 1. The Bertz CT molecular complexity index is 2440. The Morgan fingerprint density at radius 3 is 2.38 bits per heavy atom. The molecule has 0 spiro atoms. The van der Waals surface area contributed by atoms with Gasteiger partial charge in [0.1, 0.15) is 73.5 Å². The van der Waals surface area contributed by atoms with Crippen molar-refractivity contribution in [1.82, 2.24) is 40.4 Å². The van der Waals surface area contributed by atoms with Crippen molar-refractivity contribution >= 4 is 80.9 Å². The molecule has 12 N–H and O–H groups in total. The number of anilines is 2. The summed E-state index contributed by atoms with van der Waals surface area (Å²) >= 11 is 2.33. The van der Waals surface area contributed by atoms with E-state index >= 15 is 0 Å². The Balaban J connectivity index is 1.03. The highest BCUT2D eigenvalue weighted by molar-refractivity contribution is 14.1. The number of H-pyrrole nitrogens is 1. The molecule has 6 rings (SSSR count). The number of aromatic nitrogens is 4. The largest absolute Gasteiger partial charge is 0.460 e. The molecule has 3 saturated heterocycles. The Morgan fingerprint density at radius 1 is 0.905 bits per heavy atom. The van der Waals surface area contributed by atoms with E-state index in [2.05, 4.69) is 70.7 Å². The van der Waals surface area contributed by atoms with Crippen LogP contribution in [0.4, 0.5) is 16.3 Å². The summed E-state index contributed by atoms with van der Waals surface area (Å²) in [6.07, 6.45) is -8.56. The molecule has 0 saturated carbocycles. The number of alkyl halides is 1. The van der Waals surface area contributed by atoms with Gasteiger partial charge in [0.05, 0.1) is 37.2 Å². The molecule has 12 atom stereocenters. The molecule has 3 aromatic rings. The Labute approximate surface area is 438 Å². The van der Waals surface area contributed by atoms with Crippen LogP contribution in [0.2, 0.25) is 0 Å². The van der Waals surface area contributed by atoms with Crippen molar-refractivity contribution in [3.05, 3.63) is 36.4 Å². The van der Waals surface area contributed by atoms with Gasteiger partial charge < -0.3 is 85.8 Å². The van der Waals surface area contributed by atoms with E-state index in [0.717, 1.165) is 41.9 Å². The van der Waals surface area contributed by atoms with Crippen LogP contribution in [-0.2, 0) is 44.8 Å². The molecule has 6 amide bonds. The molecule has 408 valence electrons. The molecule has 0 bridgehead atoms. The molecule has 27 nitrogen and oxygen atoms in total. The number of hydrogen-bond donors (Lipinski definition) is 12. The highest BCUT2D eigenvalue weighted by Gasteiger charge is 2.50. The number of unbranched alkanes of at least 4 members (excludes halogenated alkanes) is 1. The molecule has 2 aromatic heterocycles. The van der Waals surface area contributed by atoms with E-state index in [1.807, 2.05) is 6.92 Å². The first kappa shape index (κ1) is 57.8. The average molecular weight is 1160 g/mol. The first-order valence-electron chi connectivity index (χ1n) is 24.2. The number of ether oxygens (including phenoxy) is 4. The summed E-state index contributed by atoms with van der Waals surface area (Å²) in [7, 11) is 1.24. The van der Waals surface area contributed by atoms with Crippen molar-refractivity contribution in [3.63, 3.8) is 0 Å². The second-order valence-electron chi connectivity index (χ2n) is 18.3. The van der Waals surface area contributed by atoms with Gasteiger partial charge in [-0.25, -0.2) is 19.7 Å². The van der Waals surface area contributed by atoms with E-state index in [0.29, 0.717) is 11.2 Å². The molecule has 28 heteroatoms. The topological polar surface area (TPSA) is 390 Å². The number of hydrogen-bond acceptors (Lipinski definition) is 21. The summed E-state index contributed by atoms with van der Waals surface area (Å²) in [6.45, 7) is 1.33. The average Bonchev–Trinajstić information content (AvgIpc) is 3.98. The van der Waals surface area contributed by atoms with Crippen molar-refractivity contribution in [1.29, 1.82) is 0 Å². The third-order valence-electron chi connectivity index (χ3n) is 12.9. The second-order valence-corrected chi connectivity index (χ2v) is 20.5. The summed E-state index contributed by atoms with van der Waals surface area (Å²) in [4.78, 5) is 95.9. The van der Waals surface area contributed by atoms with Gasteiger partial charge in [-0.05, 0) is 30.5 Å². The minimum atomic E-state index is -1.81. The lowest BCUT2D eigenvalue weighted by molar-refractivity contribution is -0.277. The van der Waals surface area contributed by atoms with E-state index in [1.54, 1.807) is 0 Å². The smallest absolute Gasteiger partial charge is 0.410 e. The maximum absolute atomic E-state index is 13.4. The van der Waals surface area contributed by atoms with Crippen molar-refractivity contribution in [2.75, 3.05) is 50.5 Å². The molecular weight excluding hydrogens is 1090 g/mol. The van der Waals surface area contributed by atoms with Crippen LogP contribution >= 0.6 is 22.6 Å². The third kappa shape index (κ3) is 14.1. The van der Waals surface area contributed by atoms with Gasteiger partial charge in [0.15, 0.2) is 17.7 Å². The number of imidazole rings is 1. The maximum Gasteiger partial charge on any atom is 0.410 e. The van der Waals surface area contributed by atoms with Crippen LogP contribution in [0.15, 0.2) is 30.9 Å². The molecule has 5 heterocycles. The summed E-state index contributed by atoms with van der Waals surface area (Å²) in [5, 5.41) is 83.6. The normalized spacial score (nSPS) is 26.8. The van der Waals surface area contributed by atoms with Crippen LogP contribution in [-0.4, -0.2) is 206 Å². The minimum absolute atomic E-state index is 0.0634. The van der Waals surface area contributed by atoms with E-state index in [4.69, 9.17) is 18.9 Å². The van der Waals surface area contributed by atoms with Crippen LogP contribution in [0, 0.1) is 5.92 Å². The van der Waals surface area contributed by atoms with Crippen molar-refractivity contribution < 1.29 is 83.5 Å². The molecule has 0 aliphatic carbocycles. The SMILES string of the molecule is CCCCC(I)(CCC)C1CC(=O)N(CCC(=O)NCCC(=O)Nc2cc(COC(=O)N(C)CC(=O)N[C@@H]3[C@@H](O)[C@H](O)[C@@H](Nc4ncnc5nc[nH]c45)O[C@H]3CO)ccc2O[C@H]2O[C@H](CO)[C@@H](O)[C@H](O)[C@@H]2O)C1=O. The van der Waals surface area contributed by atoms with Crippen LogP contribution in [0.25, 0.3) is 11.2 Å². The van der Waals surface area contributed by atoms with Gasteiger partial charge in [-0.3, -0.25) is 28.9 Å². The zero-order valence-electron chi connectivity index (χ0n) is 41.0. The Hall–Kier alpha value is -5.44.